The molecule has 2 aliphatic heterocycles. The van der Waals surface area contributed by atoms with Crippen molar-refractivity contribution >= 4 is 0 Å². The Bertz CT molecular complexity index is 454. The molecule has 5 nitrogen and oxygen atoms in total. The van der Waals surface area contributed by atoms with Crippen LogP contribution in [0.25, 0.3) is 0 Å². The Hall–Kier alpha value is -1.04. The van der Waals surface area contributed by atoms with Crippen molar-refractivity contribution in [2.75, 3.05) is 39.5 Å². The Morgan fingerprint density at radius 2 is 2.00 bits per heavy atom. The van der Waals surface area contributed by atoms with Crippen molar-refractivity contribution < 1.29 is 9.47 Å². The summed E-state index contributed by atoms with van der Waals surface area (Å²) in [5, 5.41) is 0. The van der Waals surface area contributed by atoms with Crippen molar-refractivity contribution in [2.24, 2.45) is 5.92 Å². The number of hydrogen-bond donors (Lipinski definition) is 0. The average molecular weight is 291 g/mol. The van der Waals surface area contributed by atoms with Gasteiger partial charge >= 0.3 is 0 Å². The molecule has 0 radical (unpaired) electrons. The van der Waals surface area contributed by atoms with E-state index in [0.717, 1.165) is 62.6 Å². The Balaban J connectivity index is 1.62. The fourth-order valence-corrected chi connectivity index (χ4v) is 3.25. The van der Waals surface area contributed by atoms with Gasteiger partial charge in [-0.25, -0.2) is 9.97 Å². The lowest BCUT2D eigenvalue weighted by Crippen LogP contribution is -2.42. The molecule has 0 aromatic carbocycles. The van der Waals surface area contributed by atoms with Crippen LogP contribution >= 0.6 is 0 Å². The summed E-state index contributed by atoms with van der Waals surface area (Å²) in [7, 11) is 0. The molecule has 1 aromatic rings. The van der Waals surface area contributed by atoms with Crippen LogP contribution in [0.1, 0.15) is 36.2 Å². The second kappa shape index (κ2) is 6.81. The molecule has 116 valence electrons. The third kappa shape index (κ3) is 3.99. The van der Waals surface area contributed by atoms with Crippen LogP contribution in [0.5, 0.6) is 0 Å². The topological polar surface area (TPSA) is 47.5 Å². The van der Waals surface area contributed by atoms with Gasteiger partial charge in [-0.15, -0.1) is 0 Å². The summed E-state index contributed by atoms with van der Waals surface area (Å²) >= 11 is 0. The minimum absolute atomic E-state index is 0.0824. The first-order chi connectivity index (χ1) is 10.2. The summed E-state index contributed by atoms with van der Waals surface area (Å²) in [5.74, 6) is 1.60. The predicted octanol–water partition coefficient (Wildman–Crippen LogP) is 1.89. The molecular weight excluding hydrogens is 266 g/mol. The van der Waals surface area contributed by atoms with Crippen LogP contribution in [0.15, 0.2) is 6.07 Å². The minimum Gasteiger partial charge on any atom is -0.381 e. The molecular formula is C16H25N3O2. The van der Waals surface area contributed by atoms with E-state index in [-0.39, 0.29) is 6.10 Å². The highest BCUT2D eigenvalue weighted by Gasteiger charge is 2.26. The summed E-state index contributed by atoms with van der Waals surface area (Å²) in [4.78, 5) is 11.4. The van der Waals surface area contributed by atoms with Gasteiger partial charge in [-0.2, -0.15) is 0 Å². The number of nitrogens with zero attached hydrogens (tertiary/aromatic N) is 3. The fourth-order valence-electron chi connectivity index (χ4n) is 3.25. The highest BCUT2D eigenvalue weighted by Crippen LogP contribution is 2.24. The Labute approximate surface area is 126 Å². The minimum atomic E-state index is 0.0824. The van der Waals surface area contributed by atoms with Crippen LogP contribution in [0.2, 0.25) is 0 Å². The van der Waals surface area contributed by atoms with Crippen LogP contribution in [-0.2, 0) is 9.47 Å². The van der Waals surface area contributed by atoms with Crippen LogP contribution < -0.4 is 0 Å². The van der Waals surface area contributed by atoms with Gasteiger partial charge in [0, 0.05) is 38.5 Å². The van der Waals surface area contributed by atoms with Gasteiger partial charge in [0.1, 0.15) is 11.9 Å². The maximum atomic E-state index is 5.94. The molecule has 2 aliphatic rings. The molecule has 0 spiro atoms. The Morgan fingerprint density at radius 3 is 2.76 bits per heavy atom. The second-order valence-electron chi connectivity index (χ2n) is 6.16. The van der Waals surface area contributed by atoms with E-state index >= 15 is 0 Å². The molecule has 21 heavy (non-hydrogen) atoms. The third-order valence-corrected chi connectivity index (χ3v) is 4.32. The van der Waals surface area contributed by atoms with E-state index in [1.54, 1.807) is 0 Å². The second-order valence-corrected chi connectivity index (χ2v) is 6.16. The number of hydrogen-bond acceptors (Lipinski definition) is 5. The van der Waals surface area contributed by atoms with E-state index in [4.69, 9.17) is 9.47 Å². The molecule has 2 fully saturated rings. The third-order valence-electron chi connectivity index (χ3n) is 4.32. The number of morpholine rings is 1. The van der Waals surface area contributed by atoms with Crippen molar-refractivity contribution in [2.45, 2.75) is 32.8 Å². The largest absolute Gasteiger partial charge is 0.381 e. The molecule has 0 aliphatic carbocycles. The standard InChI is InChI=1S/C16H25N3O2/c1-12-9-15(18-13(2)17-12)16-11-19(5-8-21-16)10-14-3-6-20-7-4-14/h9,14,16H,3-8,10-11H2,1-2H3. The van der Waals surface area contributed by atoms with E-state index < -0.39 is 0 Å². The van der Waals surface area contributed by atoms with E-state index in [2.05, 4.69) is 20.9 Å². The summed E-state index contributed by atoms with van der Waals surface area (Å²) in [6.45, 7) is 9.71. The van der Waals surface area contributed by atoms with Crippen molar-refractivity contribution in [1.29, 1.82) is 0 Å². The lowest BCUT2D eigenvalue weighted by atomic mass is 9.99. The van der Waals surface area contributed by atoms with Gasteiger partial charge in [0.25, 0.3) is 0 Å². The normalized spacial score (nSPS) is 25.1. The maximum Gasteiger partial charge on any atom is 0.125 e. The molecule has 0 bridgehead atoms. The number of aryl methyl sites for hydroxylation is 2. The van der Waals surface area contributed by atoms with Crippen molar-refractivity contribution in [3.8, 4) is 0 Å². The predicted molar refractivity (Wildman–Crippen MR) is 80.2 cm³/mol. The summed E-state index contributed by atoms with van der Waals surface area (Å²) in [5.41, 5.74) is 2.04. The first-order valence-electron chi connectivity index (χ1n) is 7.94. The monoisotopic (exact) mass is 291 g/mol. The van der Waals surface area contributed by atoms with Gasteiger partial charge in [-0.3, -0.25) is 4.90 Å². The number of ether oxygens (including phenoxy) is 2. The van der Waals surface area contributed by atoms with Crippen LogP contribution in [0.3, 0.4) is 0 Å². The van der Waals surface area contributed by atoms with E-state index in [1.807, 2.05) is 13.8 Å². The molecule has 0 amide bonds. The molecule has 5 heteroatoms. The molecule has 1 atom stereocenters. The van der Waals surface area contributed by atoms with Gasteiger partial charge < -0.3 is 9.47 Å². The summed E-state index contributed by atoms with van der Waals surface area (Å²) in [6, 6.07) is 2.05. The van der Waals surface area contributed by atoms with Gasteiger partial charge in [0.2, 0.25) is 0 Å². The average Bonchev–Trinajstić information content (AvgIpc) is 2.47. The Kier molecular flexibility index (Phi) is 4.83. The first-order valence-corrected chi connectivity index (χ1v) is 7.94. The molecule has 1 unspecified atom stereocenters. The molecule has 3 heterocycles. The zero-order valence-corrected chi connectivity index (χ0v) is 13.0. The van der Waals surface area contributed by atoms with Gasteiger partial charge in [0.15, 0.2) is 0 Å². The molecule has 3 rings (SSSR count). The van der Waals surface area contributed by atoms with Crippen molar-refractivity contribution in [1.82, 2.24) is 14.9 Å². The maximum absolute atomic E-state index is 5.94. The zero-order chi connectivity index (χ0) is 14.7. The van der Waals surface area contributed by atoms with Crippen LogP contribution in [0.4, 0.5) is 0 Å². The summed E-state index contributed by atoms with van der Waals surface area (Å²) < 4.78 is 11.4. The van der Waals surface area contributed by atoms with E-state index in [0.29, 0.717) is 0 Å². The van der Waals surface area contributed by atoms with Gasteiger partial charge in [-0.1, -0.05) is 0 Å². The quantitative estimate of drug-likeness (QED) is 0.851. The van der Waals surface area contributed by atoms with Crippen molar-refractivity contribution in [3.05, 3.63) is 23.3 Å². The lowest BCUT2D eigenvalue weighted by Gasteiger charge is -2.35. The first kappa shape index (κ1) is 14.9. The summed E-state index contributed by atoms with van der Waals surface area (Å²) in [6.07, 6.45) is 2.46. The smallest absolute Gasteiger partial charge is 0.125 e. The molecule has 0 N–H and O–H groups in total. The number of aromatic nitrogens is 2. The van der Waals surface area contributed by atoms with Gasteiger partial charge in [0.05, 0.1) is 12.3 Å². The van der Waals surface area contributed by atoms with Crippen LogP contribution in [0, 0.1) is 19.8 Å². The highest BCUT2D eigenvalue weighted by atomic mass is 16.5. The highest BCUT2D eigenvalue weighted by molar-refractivity contribution is 5.13. The molecule has 2 saturated heterocycles. The SMILES string of the molecule is Cc1cc(C2CN(CC3CCOCC3)CCO2)nc(C)n1. The van der Waals surface area contributed by atoms with E-state index in [9.17, 15) is 0 Å². The van der Waals surface area contributed by atoms with E-state index in [1.165, 1.54) is 12.8 Å². The van der Waals surface area contributed by atoms with Crippen molar-refractivity contribution in [3.63, 3.8) is 0 Å². The lowest BCUT2D eigenvalue weighted by molar-refractivity contribution is -0.0430. The zero-order valence-electron chi connectivity index (χ0n) is 13.0. The Morgan fingerprint density at radius 1 is 1.19 bits per heavy atom. The fraction of sp³-hybridized carbons (Fsp3) is 0.750. The molecule has 1 aromatic heterocycles. The van der Waals surface area contributed by atoms with Gasteiger partial charge in [-0.05, 0) is 38.7 Å². The molecule has 0 saturated carbocycles. The number of rotatable bonds is 3. The van der Waals surface area contributed by atoms with Crippen LogP contribution in [-0.4, -0.2) is 54.3 Å².